The molecule has 1 aliphatic rings. The van der Waals surface area contributed by atoms with Crippen LogP contribution in [0.4, 0.5) is 0 Å². The highest BCUT2D eigenvalue weighted by atomic mass is 15.2. The molecule has 1 N–H and O–H groups in total. The van der Waals surface area contributed by atoms with Gasteiger partial charge in [0.1, 0.15) is 0 Å². The van der Waals surface area contributed by atoms with E-state index in [2.05, 4.69) is 44.8 Å². The summed E-state index contributed by atoms with van der Waals surface area (Å²) in [5, 5.41) is 3.53. The van der Waals surface area contributed by atoms with Crippen molar-refractivity contribution >= 4 is 0 Å². The van der Waals surface area contributed by atoms with Gasteiger partial charge in [-0.15, -0.1) is 0 Å². The van der Waals surface area contributed by atoms with Crippen LogP contribution >= 0.6 is 0 Å². The molecule has 0 aliphatic carbocycles. The Hall–Kier alpha value is -0.0800. The molecule has 90 valence electrons. The minimum Gasteiger partial charge on any atom is -0.314 e. The van der Waals surface area contributed by atoms with Gasteiger partial charge in [0.05, 0.1) is 0 Å². The number of nitrogens with zero attached hydrogens (tertiary/aromatic N) is 1. The maximum Gasteiger partial charge on any atom is 0.0272 e. The Labute approximate surface area is 95.4 Å². The molecule has 2 heteroatoms. The molecule has 0 aromatic heterocycles. The van der Waals surface area contributed by atoms with Crippen LogP contribution in [0.1, 0.15) is 47.5 Å². The molecule has 1 heterocycles. The number of nitrogens with one attached hydrogen (secondary N) is 1. The summed E-state index contributed by atoms with van der Waals surface area (Å²) in [7, 11) is 0. The van der Waals surface area contributed by atoms with E-state index >= 15 is 0 Å². The van der Waals surface area contributed by atoms with E-state index in [1.807, 2.05) is 0 Å². The molecular formula is C13H28N2. The van der Waals surface area contributed by atoms with Crippen molar-refractivity contribution in [2.45, 2.75) is 59.5 Å². The lowest BCUT2D eigenvalue weighted by Crippen LogP contribution is -2.59. The Morgan fingerprint density at radius 3 is 2.33 bits per heavy atom. The highest BCUT2D eigenvalue weighted by Gasteiger charge is 2.34. The predicted molar refractivity (Wildman–Crippen MR) is 67.2 cm³/mol. The van der Waals surface area contributed by atoms with Gasteiger partial charge in [-0.3, -0.25) is 4.90 Å². The Balaban J connectivity index is 2.73. The summed E-state index contributed by atoms with van der Waals surface area (Å²) in [5.41, 5.74) is 0.385. The second-order valence-corrected chi connectivity index (χ2v) is 5.79. The molecule has 1 unspecified atom stereocenters. The fourth-order valence-electron chi connectivity index (χ4n) is 2.72. The molecule has 0 bridgehead atoms. The monoisotopic (exact) mass is 212 g/mol. The molecule has 0 amide bonds. The first-order chi connectivity index (χ1) is 7.00. The van der Waals surface area contributed by atoms with Gasteiger partial charge in [0, 0.05) is 31.7 Å². The highest BCUT2D eigenvalue weighted by Crippen LogP contribution is 2.28. The zero-order valence-electron chi connectivity index (χ0n) is 11.1. The summed E-state index contributed by atoms with van der Waals surface area (Å²) >= 11 is 0. The molecule has 0 aromatic rings. The smallest absolute Gasteiger partial charge is 0.0272 e. The van der Waals surface area contributed by atoms with Gasteiger partial charge in [-0.1, -0.05) is 34.6 Å². The summed E-state index contributed by atoms with van der Waals surface area (Å²) in [4.78, 5) is 2.73. The number of rotatable bonds is 3. The molecule has 0 aromatic carbocycles. The van der Waals surface area contributed by atoms with E-state index in [0.29, 0.717) is 11.5 Å². The maximum atomic E-state index is 3.53. The van der Waals surface area contributed by atoms with Crippen LogP contribution < -0.4 is 5.32 Å². The second-order valence-electron chi connectivity index (χ2n) is 5.79. The predicted octanol–water partition coefficient (Wildman–Crippen LogP) is 2.49. The number of hydrogen-bond donors (Lipinski definition) is 1. The van der Waals surface area contributed by atoms with Gasteiger partial charge >= 0.3 is 0 Å². The lowest BCUT2D eigenvalue weighted by molar-refractivity contribution is 0.0345. The van der Waals surface area contributed by atoms with Gasteiger partial charge in [-0.2, -0.15) is 0 Å². The Kier molecular flexibility index (Phi) is 4.60. The third-order valence-corrected chi connectivity index (χ3v) is 3.70. The standard InChI is InChI=1S/C13H28N2/c1-6-11(7-2)15-9-8-14-10-12(15)13(3,4)5/h11-12,14H,6-10H2,1-5H3. The fraction of sp³-hybridized carbons (Fsp3) is 1.00. The van der Waals surface area contributed by atoms with Gasteiger partial charge in [-0.25, -0.2) is 0 Å². The summed E-state index contributed by atoms with van der Waals surface area (Å²) in [6.45, 7) is 15.2. The zero-order valence-corrected chi connectivity index (χ0v) is 11.1. The molecule has 1 rings (SSSR count). The molecule has 1 aliphatic heterocycles. The summed E-state index contributed by atoms with van der Waals surface area (Å²) in [5.74, 6) is 0. The topological polar surface area (TPSA) is 15.3 Å². The molecule has 1 saturated heterocycles. The second kappa shape index (κ2) is 5.31. The van der Waals surface area contributed by atoms with Crippen LogP contribution in [0.15, 0.2) is 0 Å². The van der Waals surface area contributed by atoms with Crippen LogP contribution in [0.2, 0.25) is 0 Å². The number of hydrogen-bond acceptors (Lipinski definition) is 2. The van der Waals surface area contributed by atoms with Crippen molar-refractivity contribution in [3.63, 3.8) is 0 Å². The lowest BCUT2D eigenvalue weighted by atomic mass is 9.83. The first kappa shape index (κ1) is 13.0. The van der Waals surface area contributed by atoms with E-state index in [-0.39, 0.29) is 0 Å². The van der Waals surface area contributed by atoms with E-state index in [9.17, 15) is 0 Å². The lowest BCUT2D eigenvalue weighted by Gasteiger charge is -2.47. The summed E-state index contributed by atoms with van der Waals surface area (Å²) in [6.07, 6.45) is 2.56. The molecule has 2 nitrogen and oxygen atoms in total. The van der Waals surface area contributed by atoms with E-state index in [1.54, 1.807) is 0 Å². The van der Waals surface area contributed by atoms with Crippen LogP contribution in [-0.4, -0.2) is 36.6 Å². The van der Waals surface area contributed by atoms with Crippen molar-refractivity contribution in [3.8, 4) is 0 Å². The van der Waals surface area contributed by atoms with Crippen molar-refractivity contribution in [1.82, 2.24) is 10.2 Å². The van der Waals surface area contributed by atoms with Gasteiger partial charge in [0.2, 0.25) is 0 Å². The van der Waals surface area contributed by atoms with Gasteiger partial charge in [0.25, 0.3) is 0 Å². The first-order valence-corrected chi connectivity index (χ1v) is 6.47. The normalized spacial score (nSPS) is 24.8. The first-order valence-electron chi connectivity index (χ1n) is 6.47. The zero-order chi connectivity index (χ0) is 11.5. The van der Waals surface area contributed by atoms with Crippen LogP contribution in [0.5, 0.6) is 0 Å². The van der Waals surface area contributed by atoms with Crippen molar-refractivity contribution in [2.24, 2.45) is 5.41 Å². The van der Waals surface area contributed by atoms with Gasteiger partial charge in [-0.05, 0) is 18.3 Å². The molecule has 1 atom stereocenters. The van der Waals surface area contributed by atoms with Crippen molar-refractivity contribution < 1.29 is 0 Å². The summed E-state index contributed by atoms with van der Waals surface area (Å²) < 4.78 is 0. The molecule has 15 heavy (non-hydrogen) atoms. The SMILES string of the molecule is CCC(CC)N1CCNCC1C(C)(C)C. The van der Waals surface area contributed by atoms with Gasteiger partial charge < -0.3 is 5.32 Å². The molecule has 0 radical (unpaired) electrons. The van der Waals surface area contributed by atoms with Crippen molar-refractivity contribution in [3.05, 3.63) is 0 Å². The molecule has 0 spiro atoms. The number of piperazine rings is 1. The Bertz CT molecular complexity index is 179. The van der Waals surface area contributed by atoms with Crippen LogP contribution in [-0.2, 0) is 0 Å². The van der Waals surface area contributed by atoms with E-state index in [1.165, 1.54) is 19.4 Å². The summed E-state index contributed by atoms with van der Waals surface area (Å²) in [6, 6.07) is 1.47. The minimum atomic E-state index is 0.385. The van der Waals surface area contributed by atoms with Crippen LogP contribution in [0, 0.1) is 5.41 Å². The third-order valence-electron chi connectivity index (χ3n) is 3.70. The molecular weight excluding hydrogens is 184 g/mol. The average Bonchev–Trinajstić information content (AvgIpc) is 2.19. The van der Waals surface area contributed by atoms with Crippen molar-refractivity contribution in [1.29, 1.82) is 0 Å². The van der Waals surface area contributed by atoms with Crippen LogP contribution in [0.25, 0.3) is 0 Å². The van der Waals surface area contributed by atoms with E-state index in [4.69, 9.17) is 0 Å². The fourth-order valence-corrected chi connectivity index (χ4v) is 2.72. The third kappa shape index (κ3) is 3.18. The Morgan fingerprint density at radius 2 is 1.87 bits per heavy atom. The molecule has 1 fully saturated rings. The van der Waals surface area contributed by atoms with Crippen LogP contribution in [0.3, 0.4) is 0 Å². The largest absolute Gasteiger partial charge is 0.314 e. The average molecular weight is 212 g/mol. The van der Waals surface area contributed by atoms with E-state index < -0.39 is 0 Å². The quantitative estimate of drug-likeness (QED) is 0.773. The highest BCUT2D eigenvalue weighted by molar-refractivity contribution is 4.91. The Morgan fingerprint density at radius 1 is 1.27 bits per heavy atom. The minimum absolute atomic E-state index is 0.385. The maximum absolute atomic E-state index is 3.53. The van der Waals surface area contributed by atoms with Gasteiger partial charge in [0.15, 0.2) is 0 Å². The molecule has 0 saturated carbocycles. The van der Waals surface area contributed by atoms with Crippen molar-refractivity contribution in [2.75, 3.05) is 19.6 Å². The van der Waals surface area contributed by atoms with E-state index in [0.717, 1.165) is 19.1 Å².